The monoisotopic (exact) mass is 445 g/mol. The Bertz CT molecular complexity index is 981. The lowest BCUT2D eigenvalue weighted by atomic mass is 10.00. The van der Waals surface area contributed by atoms with E-state index in [0.29, 0.717) is 17.8 Å². The van der Waals surface area contributed by atoms with Crippen molar-refractivity contribution in [1.29, 1.82) is 0 Å². The number of sulfonamides is 1. The molecular weight excluding hydrogens is 414 g/mol. The Hall–Kier alpha value is -2.42. The molecule has 3 rings (SSSR count). The molecule has 2 aromatic carbocycles. The van der Waals surface area contributed by atoms with E-state index in [2.05, 4.69) is 42.6 Å². The summed E-state index contributed by atoms with van der Waals surface area (Å²) in [6, 6.07) is 14.6. The first-order valence-electron chi connectivity index (χ1n) is 10.4. The molecule has 1 aliphatic rings. The van der Waals surface area contributed by atoms with Crippen molar-refractivity contribution in [2.45, 2.75) is 50.3 Å². The fourth-order valence-electron chi connectivity index (χ4n) is 3.69. The maximum absolute atomic E-state index is 12.6. The van der Waals surface area contributed by atoms with Crippen molar-refractivity contribution < 1.29 is 17.9 Å². The van der Waals surface area contributed by atoms with E-state index < -0.39 is 10.0 Å². The third-order valence-electron chi connectivity index (χ3n) is 5.41. The number of carbonyl (C=O) groups is 1. The van der Waals surface area contributed by atoms with Gasteiger partial charge in [-0.2, -0.15) is 0 Å². The molecule has 2 atom stereocenters. The van der Waals surface area contributed by atoms with Crippen LogP contribution < -0.4 is 10.0 Å². The summed E-state index contributed by atoms with van der Waals surface area (Å²) in [5.74, 6) is -0.195. The van der Waals surface area contributed by atoms with Gasteiger partial charge in [0, 0.05) is 36.4 Å². The Morgan fingerprint density at radius 1 is 1.03 bits per heavy atom. The van der Waals surface area contributed by atoms with Crippen LogP contribution in [0.5, 0.6) is 0 Å². The molecule has 0 unspecified atom stereocenters. The van der Waals surface area contributed by atoms with Crippen LogP contribution in [-0.2, 0) is 14.8 Å². The molecule has 168 valence electrons. The number of benzene rings is 2. The van der Waals surface area contributed by atoms with E-state index in [4.69, 9.17) is 4.74 Å². The molecule has 0 spiro atoms. The number of ether oxygens (including phenoxy) is 1. The van der Waals surface area contributed by atoms with Crippen LogP contribution in [0.3, 0.4) is 0 Å². The van der Waals surface area contributed by atoms with Crippen LogP contribution in [0.2, 0.25) is 0 Å². The highest BCUT2D eigenvalue weighted by molar-refractivity contribution is 7.92. The lowest BCUT2D eigenvalue weighted by molar-refractivity contribution is -0.0948. The van der Waals surface area contributed by atoms with Gasteiger partial charge in [0.05, 0.1) is 17.1 Å². The van der Waals surface area contributed by atoms with Gasteiger partial charge in [0.2, 0.25) is 0 Å². The molecule has 1 amide bonds. The Morgan fingerprint density at radius 2 is 1.61 bits per heavy atom. The zero-order valence-corrected chi connectivity index (χ0v) is 19.3. The molecule has 31 heavy (non-hydrogen) atoms. The first-order chi connectivity index (χ1) is 14.6. The van der Waals surface area contributed by atoms with Gasteiger partial charge < -0.3 is 10.1 Å². The van der Waals surface area contributed by atoms with Gasteiger partial charge in [-0.3, -0.25) is 14.4 Å². The topological polar surface area (TPSA) is 87.7 Å². The molecule has 0 aromatic heterocycles. The van der Waals surface area contributed by atoms with Crippen LogP contribution in [0, 0.1) is 0 Å². The second-order valence-corrected chi connectivity index (χ2v) is 10.3. The van der Waals surface area contributed by atoms with Crippen LogP contribution >= 0.6 is 0 Å². The molecule has 1 saturated heterocycles. The highest BCUT2D eigenvalue weighted by atomic mass is 32.2. The van der Waals surface area contributed by atoms with E-state index in [1.165, 1.54) is 12.1 Å². The van der Waals surface area contributed by atoms with Gasteiger partial charge in [0.1, 0.15) is 0 Å². The van der Waals surface area contributed by atoms with Crippen LogP contribution in [0.15, 0.2) is 59.5 Å². The molecule has 8 heteroatoms. The van der Waals surface area contributed by atoms with Crippen molar-refractivity contribution in [2.75, 3.05) is 24.4 Å². The second-order valence-electron chi connectivity index (χ2n) is 8.65. The number of carbonyl (C=O) groups excluding carboxylic acids is 1. The molecule has 2 N–H and O–H groups in total. The van der Waals surface area contributed by atoms with Gasteiger partial charge in [-0.25, -0.2) is 8.42 Å². The summed E-state index contributed by atoms with van der Waals surface area (Å²) in [5, 5.41) is 3.00. The van der Waals surface area contributed by atoms with Gasteiger partial charge in [0.15, 0.2) is 0 Å². The van der Waals surface area contributed by atoms with Crippen LogP contribution in [0.25, 0.3) is 0 Å². The van der Waals surface area contributed by atoms with Crippen molar-refractivity contribution in [3.8, 4) is 0 Å². The summed E-state index contributed by atoms with van der Waals surface area (Å²) >= 11 is 0. The van der Waals surface area contributed by atoms with E-state index >= 15 is 0 Å². The molecule has 1 heterocycles. The molecule has 1 fully saturated rings. The van der Waals surface area contributed by atoms with Crippen LogP contribution in [-0.4, -0.2) is 56.6 Å². The SMILES string of the molecule is C[C@H]1CN(C(C)(C)CNC(=O)c2ccc(NS(=O)(=O)c3ccccc3)cc2)C[C@H](C)O1. The van der Waals surface area contributed by atoms with Gasteiger partial charge in [-0.1, -0.05) is 18.2 Å². The number of hydrogen-bond donors (Lipinski definition) is 2. The summed E-state index contributed by atoms with van der Waals surface area (Å²) in [6.45, 7) is 10.5. The summed E-state index contributed by atoms with van der Waals surface area (Å²) in [4.78, 5) is 15.2. The third-order valence-corrected chi connectivity index (χ3v) is 6.81. The van der Waals surface area contributed by atoms with E-state index in [-0.39, 0.29) is 28.5 Å². The van der Waals surface area contributed by atoms with Crippen molar-refractivity contribution in [3.63, 3.8) is 0 Å². The Balaban J connectivity index is 1.59. The molecule has 0 aliphatic carbocycles. The summed E-state index contributed by atoms with van der Waals surface area (Å²) in [5.41, 5.74) is 0.659. The molecule has 2 aromatic rings. The predicted molar refractivity (Wildman–Crippen MR) is 122 cm³/mol. The largest absolute Gasteiger partial charge is 0.373 e. The number of nitrogens with zero attached hydrogens (tertiary/aromatic N) is 1. The third kappa shape index (κ3) is 6.06. The van der Waals surface area contributed by atoms with Gasteiger partial charge in [-0.15, -0.1) is 0 Å². The Labute approximate surface area is 184 Å². The fraction of sp³-hybridized carbons (Fsp3) is 0.435. The van der Waals surface area contributed by atoms with Crippen molar-refractivity contribution >= 4 is 21.6 Å². The first-order valence-corrected chi connectivity index (χ1v) is 11.9. The minimum atomic E-state index is -3.66. The second kappa shape index (κ2) is 9.38. The number of rotatable bonds is 7. The first kappa shape index (κ1) is 23.2. The van der Waals surface area contributed by atoms with Crippen LogP contribution in [0.4, 0.5) is 5.69 Å². The van der Waals surface area contributed by atoms with E-state index in [9.17, 15) is 13.2 Å². The zero-order chi connectivity index (χ0) is 22.6. The molecule has 0 saturated carbocycles. The van der Waals surface area contributed by atoms with Crippen molar-refractivity contribution in [1.82, 2.24) is 10.2 Å². The molecule has 0 bridgehead atoms. The van der Waals surface area contributed by atoms with E-state index in [1.807, 2.05) is 0 Å². The molecular formula is C23H31N3O4S. The molecule has 1 aliphatic heterocycles. The molecule has 0 radical (unpaired) electrons. The maximum atomic E-state index is 12.6. The average molecular weight is 446 g/mol. The predicted octanol–water partition coefficient (Wildman–Crippen LogP) is 3.11. The number of anilines is 1. The highest BCUT2D eigenvalue weighted by Gasteiger charge is 2.33. The summed E-state index contributed by atoms with van der Waals surface area (Å²) in [7, 11) is -3.66. The number of morpholine rings is 1. The highest BCUT2D eigenvalue weighted by Crippen LogP contribution is 2.21. The molecule has 7 nitrogen and oxygen atoms in total. The fourth-order valence-corrected chi connectivity index (χ4v) is 4.77. The van der Waals surface area contributed by atoms with Gasteiger partial charge in [0.25, 0.3) is 15.9 Å². The number of amides is 1. The zero-order valence-electron chi connectivity index (χ0n) is 18.5. The van der Waals surface area contributed by atoms with Crippen molar-refractivity contribution in [2.24, 2.45) is 0 Å². The number of nitrogens with one attached hydrogen (secondary N) is 2. The Morgan fingerprint density at radius 3 is 2.19 bits per heavy atom. The summed E-state index contributed by atoms with van der Waals surface area (Å²) < 4.78 is 33.2. The van der Waals surface area contributed by atoms with Gasteiger partial charge in [-0.05, 0) is 64.1 Å². The Kier molecular flexibility index (Phi) is 7.03. The smallest absolute Gasteiger partial charge is 0.261 e. The lowest BCUT2D eigenvalue weighted by Gasteiger charge is -2.45. The number of hydrogen-bond acceptors (Lipinski definition) is 5. The normalized spacial score (nSPS) is 20.3. The quantitative estimate of drug-likeness (QED) is 0.684. The standard InChI is InChI=1S/C23H31N3O4S/c1-17-14-26(15-18(2)30-17)23(3,4)16-24-22(27)19-10-12-20(13-11-19)25-31(28,29)21-8-6-5-7-9-21/h5-13,17-18,25H,14-16H2,1-4H3,(H,24,27)/t17-,18-/m0/s1. The lowest BCUT2D eigenvalue weighted by Crippen LogP contribution is -2.58. The van der Waals surface area contributed by atoms with Gasteiger partial charge >= 0.3 is 0 Å². The minimum Gasteiger partial charge on any atom is -0.373 e. The average Bonchev–Trinajstić information content (AvgIpc) is 2.72. The van der Waals surface area contributed by atoms with E-state index in [1.54, 1.807) is 42.5 Å². The van der Waals surface area contributed by atoms with Crippen molar-refractivity contribution in [3.05, 3.63) is 60.2 Å². The minimum absolute atomic E-state index is 0.158. The van der Waals surface area contributed by atoms with E-state index in [0.717, 1.165) is 13.1 Å². The van der Waals surface area contributed by atoms with Crippen LogP contribution in [0.1, 0.15) is 38.1 Å². The maximum Gasteiger partial charge on any atom is 0.261 e. The summed E-state index contributed by atoms with van der Waals surface area (Å²) in [6.07, 6.45) is 0.317.